The normalized spacial score (nSPS) is 17.4. The van der Waals surface area contributed by atoms with E-state index in [9.17, 15) is 9.18 Å². The van der Waals surface area contributed by atoms with Crippen molar-refractivity contribution in [2.45, 2.75) is 37.2 Å². The van der Waals surface area contributed by atoms with Crippen molar-refractivity contribution in [3.8, 4) is 5.69 Å². The first-order valence-corrected chi connectivity index (χ1v) is 9.13. The van der Waals surface area contributed by atoms with E-state index in [1.165, 1.54) is 12.1 Å². The minimum Gasteiger partial charge on any atom is -0.310 e. The van der Waals surface area contributed by atoms with Gasteiger partial charge in [-0.05, 0) is 37.1 Å². The summed E-state index contributed by atoms with van der Waals surface area (Å²) in [6.07, 6.45) is 4.19. The van der Waals surface area contributed by atoms with Gasteiger partial charge >= 0.3 is 0 Å². The zero-order valence-corrected chi connectivity index (χ0v) is 13.5. The van der Waals surface area contributed by atoms with Gasteiger partial charge in [-0.25, -0.2) is 9.07 Å². The molecule has 6 heteroatoms. The summed E-state index contributed by atoms with van der Waals surface area (Å²) in [6.45, 7) is 0. The van der Waals surface area contributed by atoms with E-state index in [1.54, 1.807) is 28.6 Å². The summed E-state index contributed by atoms with van der Waals surface area (Å²) in [4.78, 5) is 12.5. The summed E-state index contributed by atoms with van der Waals surface area (Å²) in [5, 5.41) is 7.73. The standard InChI is InChI=1S/C17H18FN3OS/c18-12-5-7-13(8-6-12)21-16(14-9-23-10-15(14)20-21)19-17(22)11-3-1-2-4-11/h5-8,11H,1-4,9-10H2,(H,19,22). The molecule has 0 saturated heterocycles. The lowest BCUT2D eigenvalue weighted by atomic mass is 10.1. The maximum absolute atomic E-state index is 13.2. The molecule has 1 fully saturated rings. The molecule has 1 saturated carbocycles. The summed E-state index contributed by atoms with van der Waals surface area (Å²) in [6, 6.07) is 6.21. The quantitative estimate of drug-likeness (QED) is 0.928. The lowest BCUT2D eigenvalue weighted by molar-refractivity contribution is -0.119. The van der Waals surface area contributed by atoms with Gasteiger partial charge in [0.15, 0.2) is 0 Å². The third-order valence-electron chi connectivity index (χ3n) is 4.59. The molecule has 0 atom stereocenters. The number of benzene rings is 1. The Balaban J connectivity index is 1.69. The molecule has 0 radical (unpaired) electrons. The third kappa shape index (κ3) is 2.76. The highest BCUT2D eigenvalue weighted by molar-refractivity contribution is 7.98. The van der Waals surface area contributed by atoms with Crippen molar-refractivity contribution in [1.82, 2.24) is 9.78 Å². The molecule has 0 bridgehead atoms. The van der Waals surface area contributed by atoms with E-state index in [2.05, 4.69) is 10.4 Å². The van der Waals surface area contributed by atoms with Gasteiger partial charge in [0.2, 0.25) is 5.91 Å². The van der Waals surface area contributed by atoms with Crippen molar-refractivity contribution >= 4 is 23.5 Å². The van der Waals surface area contributed by atoms with Crippen molar-refractivity contribution in [2.75, 3.05) is 5.32 Å². The van der Waals surface area contributed by atoms with Gasteiger partial charge in [-0.1, -0.05) is 12.8 Å². The molecule has 4 rings (SSSR count). The molecule has 4 nitrogen and oxygen atoms in total. The van der Waals surface area contributed by atoms with Crippen LogP contribution < -0.4 is 5.32 Å². The van der Waals surface area contributed by atoms with E-state index in [-0.39, 0.29) is 17.6 Å². The molecular weight excluding hydrogens is 313 g/mol. The highest BCUT2D eigenvalue weighted by Crippen LogP contribution is 2.37. The Hall–Kier alpha value is -1.82. The van der Waals surface area contributed by atoms with Crippen LogP contribution in [0.2, 0.25) is 0 Å². The van der Waals surface area contributed by atoms with Crippen LogP contribution in [0, 0.1) is 11.7 Å². The average Bonchev–Trinajstić information content (AvgIpc) is 3.26. The Morgan fingerprint density at radius 1 is 1.22 bits per heavy atom. The van der Waals surface area contributed by atoms with Gasteiger partial charge in [-0.2, -0.15) is 16.9 Å². The summed E-state index contributed by atoms with van der Waals surface area (Å²) in [7, 11) is 0. The first-order chi connectivity index (χ1) is 11.2. The molecule has 2 aliphatic rings. The van der Waals surface area contributed by atoms with Gasteiger partial charge in [-0.15, -0.1) is 0 Å². The van der Waals surface area contributed by atoms with Gasteiger partial charge < -0.3 is 5.32 Å². The van der Waals surface area contributed by atoms with Crippen LogP contribution in [0.1, 0.15) is 36.9 Å². The van der Waals surface area contributed by atoms with Crippen molar-refractivity contribution < 1.29 is 9.18 Å². The smallest absolute Gasteiger partial charge is 0.228 e. The SMILES string of the molecule is O=C(Nc1c2c(nn1-c1ccc(F)cc1)CSC2)C1CCCC1. The molecule has 1 amide bonds. The molecule has 2 aromatic rings. The number of anilines is 1. The number of carbonyl (C=O) groups is 1. The van der Waals surface area contributed by atoms with Crippen molar-refractivity contribution in [3.05, 3.63) is 41.3 Å². The zero-order chi connectivity index (χ0) is 15.8. The molecule has 0 spiro atoms. The predicted octanol–water partition coefficient (Wildman–Crippen LogP) is 3.89. The molecule has 1 aromatic heterocycles. The van der Waals surface area contributed by atoms with Gasteiger partial charge in [0.25, 0.3) is 0 Å². The fraction of sp³-hybridized carbons (Fsp3) is 0.412. The number of nitrogens with one attached hydrogen (secondary N) is 1. The summed E-state index contributed by atoms with van der Waals surface area (Å²) in [5.74, 6) is 2.39. The van der Waals surface area contributed by atoms with Crippen LogP contribution in [-0.4, -0.2) is 15.7 Å². The molecule has 120 valence electrons. The van der Waals surface area contributed by atoms with Crippen LogP contribution in [0.25, 0.3) is 5.69 Å². The number of halogens is 1. The molecule has 1 aromatic carbocycles. The number of nitrogens with zero attached hydrogens (tertiary/aromatic N) is 2. The van der Waals surface area contributed by atoms with Crippen molar-refractivity contribution in [1.29, 1.82) is 0 Å². The number of fused-ring (bicyclic) bond motifs is 1. The number of aromatic nitrogens is 2. The second-order valence-electron chi connectivity index (χ2n) is 6.13. The van der Waals surface area contributed by atoms with Crippen LogP contribution in [0.15, 0.2) is 24.3 Å². The maximum atomic E-state index is 13.2. The van der Waals surface area contributed by atoms with E-state index in [1.807, 2.05) is 0 Å². The third-order valence-corrected chi connectivity index (χ3v) is 5.56. The van der Waals surface area contributed by atoms with E-state index in [4.69, 9.17) is 0 Å². The average molecular weight is 331 g/mol. The minimum absolute atomic E-state index is 0.0884. The molecule has 1 N–H and O–H groups in total. The Kier molecular flexibility index (Phi) is 3.85. The Morgan fingerprint density at radius 2 is 1.96 bits per heavy atom. The summed E-state index contributed by atoms with van der Waals surface area (Å²) in [5.41, 5.74) is 2.89. The second-order valence-corrected chi connectivity index (χ2v) is 7.11. The van der Waals surface area contributed by atoms with Crippen LogP contribution in [0.3, 0.4) is 0 Å². The Labute approximate surface area is 138 Å². The number of thioether (sulfide) groups is 1. The monoisotopic (exact) mass is 331 g/mol. The maximum Gasteiger partial charge on any atom is 0.228 e. The van der Waals surface area contributed by atoms with Crippen LogP contribution in [-0.2, 0) is 16.3 Å². The molecular formula is C17H18FN3OS. The van der Waals surface area contributed by atoms with Crippen LogP contribution in [0.4, 0.5) is 10.2 Å². The van der Waals surface area contributed by atoms with E-state index in [0.717, 1.165) is 60.0 Å². The fourth-order valence-electron chi connectivity index (χ4n) is 3.32. The Morgan fingerprint density at radius 3 is 2.70 bits per heavy atom. The van der Waals surface area contributed by atoms with Crippen LogP contribution in [0.5, 0.6) is 0 Å². The lowest BCUT2D eigenvalue weighted by Crippen LogP contribution is -2.22. The van der Waals surface area contributed by atoms with Gasteiger partial charge in [0, 0.05) is 23.0 Å². The topological polar surface area (TPSA) is 46.9 Å². The van der Waals surface area contributed by atoms with E-state index in [0.29, 0.717) is 0 Å². The number of amides is 1. The highest BCUT2D eigenvalue weighted by atomic mass is 32.2. The van der Waals surface area contributed by atoms with E-state index >= 15 is 0 Å². The summed E-state index contributed by atoms with van der Waals surface area (Å²) >= 11 is 1.80. The van der Waals surface area contributed by atoms with Crippen molar-refractivity contribution in [2.24, 2.45) is 5.92 Å². The summed E-state index contributed by atoms with van der Waals surface area (Å²) < 4.78 is 14.9. The van der Waals surface area contributed by atoms with Gasteiger partial charge in [0.05, 0.1) is 11.4 Å². The minimum atomic E-state index is -0.277. The first-order valence-electron chi connectivity index (χ1n) is 7.97. The Bertz CT molecular complexity index is 735. The predicted molar refractivity (Wildman–Crippen MR) is 89.1 cm³/mol. The first kappa shape index (κ1) is 14.8. The van der Waals surface area contributed by atoms with Crippen LogP contribution >= 0.6 is 11.8 Å². The fourth-order valence-corrected chi connectivity index (χ4v) is 4.35. The zero-order valence-electron chi connectivity index (χ0n) is 12.7. The largest absolute Gasteiger partial charge is 0.310 e. The number of hydrogen-bond acceptors (Lipinski definition) is 3. The number of hydrogen-bond donors (Lipinski definition) is 1. The van der Waals surface area contributed by atoms with Gasteiger partial charge in [-0.3, -0.25) is 4.79 Å². The van der Waals surface area contributed by atoms with Crippen molar-refractivity contribution in [3.63, 3.8) is 0 Å². The molecule has 2 heterocycles. The lowest BCUT2D eigenvalue weighted by Gasteiger charge is -2.14. The number of rotatable bonds is 3. The number of carbonyl (C=O) groups excluding carboxylic acids is 1. The molecule has 23 heavy (non-hydrogen) atoms. The molecule has 0 unspecified atom stereocenters. The second kappa shape index (κ2) is 6.00. The highest BCUT2D eigenvalue weighted by Gasteiger charge is 2.28. The van der Waals surface area contributed by atoms with Gasteiger partial charge in [0.1, 0.15) is 11.6 Å². The van der Waals surface area contributed by atoms with E-state index < -0.39 is 0 Å². The molecule has 1 aliphatic heterocycles. The molecule has 1 aliphatic carbocycles.